The van der Waals surface area contributed by atoms with Gasteiger partial charge in [0.1, 0.15) is 42.7 Å². The maximum Gasteiger partial charge on any atom is 0.331 e. The summed E-state index contributed by atoms with van der Waals surface area (Å²) < 4.78 is 15.8. The molecular formula is C21H26O12. The molecule has 2 aliphatic rings. The van der Waals surface area contributed by atoms with Crippen LogP contribution in [0, 0.1) is 0 Å². The van der Waals surface area contributed by atoms with E-state index >= 15 is 0 Å². The van der Waals surface area contributed by atoms with E-state index in [1.54, 1.807) is 0 Å². The molecule has 0 saturated carbocycles. The first-order chi connectivity index (χ1) is 15.6. The number of aliphatic hydroxyl groups is 6. The highest BCUT2D eigenvalue weighted by atomic mass is 16.7. The molecule has 1 aromatic carbocycles. The van der Waals surface area contributed by atoms with E-state index in [1.165, 1.54) is 36.4 Å². The van der Waals surface area contributed by atoms with Crippen LogP contribution in [-0.2, 0) is 19.0 Å². The standard InChI is InChI=1S/C21H26O12/c22-8-14-16(27)18(29)19(30)21(32-14)31-13-5-4-11(24)20(17(13)28)33-15(26)6-2-9-1-3-10(23)12(25)7-9/h1-7,11,13-14,16-25,27-30H,8H2. The average molecular weight is 470 g/mol. The van der Waals surface area contributed by atoms with E-state index in [0.29, 0.717) is 5.56 Å². The van der Waals surface area contributed by atoms with Crippen molar-refractivity contribution in [2.75, 3.05) is 6.61 Å². The molecule has 33 heavy (non-hydrogen) atoms. The Kier molecular flexibility index (Phi) is 8.05. The number of phenols is 2. The van der Waals surface area contributed by atoms with Crippen LogP contribution >= 0.6 is 0 Å². The molecule has 1 fully saturated rings. The van der Waals surface area contributed by atoms with Crippen LogP contribution in [0.4, 0.5) is 0 Å². The molecule has 0 spiro atoms. The molecule has 182 valence electrons. The summed E-state index contributed by atoms with van der Waals surface area (Å²) in [4.78, 5) is 12.2. The zero-order valence-electron chi connectivity index (χ0n) is 17.2. The minimum absolute atomic E-state index is 0.333. The normalized spacial score (nSPS) is 36.7. The van der Waals surface area contributed by atoms with Crippen molar-refractivity contribution in [2.45, 2.75) is 55.1 Å². The summed E-state index contributed by atoms with van der Waals surface area (Å²) in [5.41, 5.74) is 0.371. The largest absolute Gasteiger partial charge is 0.504 e. The maximum absolute atomic E-state index is 12.2. The number of phenolic OH excluding ortho intramolecular Hbond substituents is 2. The third-order valence-corrected chi connectivity index (χ3v) is 5.31. The number of aliphatic hydroxyl groups excluding tert-OH is 6. The summed E-state index contributed by atoms with van der Waals surface area (Å²) in [6, 6.07) is 3.85. The molecule has 3 rings (SSSR count). The molecule has 1 aliphatic carbocycles. The van der Waals surface area contributed by atoms with Crippen LogP contribution in [0.15, 0.2) is 36.4 Å². The quantitative estimate of drug-likeness (QED) is 0.0940. The lowest BCUT2D eigenvalue weighted by molar-refractivity contribution is -0.315. The van der Waals surface area contributed by atoms with Gasteiger partial charge >= 0.3 is 5.97 Å². The van der Waals surface area contributed by atoms with Gasteiger partial charge in [-0.15, -0.1) is 0 Å². The molecular weight excluding hydrogens is 444 g/mol. The number of rotatable bonds is 6. The molecule has 12 nitrogen and oxygen atoms in total. The lowest BCUT2D eigenvalue weighted by atomic mass is 9.95. The molecule has 9 atom stereocenters. The van der Waals surface area contributed by atoms with Gasteiger partial charge < -0.3 is 55.1 Å². The van der Waals surface area contributed by atoms with Gasteiger partial charge in [0.05, 0.1) is 6.61 Å². The number of ether oxygens (including phenoxy) is 3. The van der Waals surface area contributed by atoms with Gasteiger partial charge in [-0.1, -0.05) is 18.2 Å². The van der Waals surface area contributed by atoms with E-state index in [4.69, 9.17) is 14.2 Å². The summed E-state index contributed by atoms with van der Waals surface area (Å²) in [7, 11) is 0. The number of esters is 1. The minimum Gasteiger partial charge on any atom is -0.504 e. The van der Waals surface area contributed by atoms with Crippen molar-refractivity contribution < 1.29 is 59.9 Å². The van der Waals surface area contributed by atoms with Crippen molar-refractivity contribution in [1.29, 1.82) is 0 Å². The van der Waals surface area contributed by atoms with Crippen LogP contribution in [0.2, 0.25) is 0 Å². The Morgan fingerprint density at radius 1 is 0.970 bits per heavy atom. The molecule has 8 N–H and O–H groups in total. The van der Waals surface area contributed by atoms with Crippen LogP contribution in [0.3, 0.4) is 0 Å². The molecule has 0 bridgehead atoms. The first-order valence-corrected chi connectivity index (χ1v) is 10.0. The van der Waals surface area contributed by atoms with Crippen LogP contribution in [0.1, 0.15) is 5.56 Å². The Bertz CT molecular complexity index is 884. The van der Waals surface area contributed by atoms with Crippen LogP contribution in [0.25, 0.3) is 6.08 Å². The zero-order valence-corrected chi connectivity index (χ0v) is 17.2. The van der Waals surface area contributed by atoms with E-state index < -0.39 is 67.7 Å². The predicted octanol–water partition coefficient (Wildman–Crippen LogP) is -2.50. The second kappa shape index (κ2) is 10.6. The van der Waals surface area contributed by atoms with Crippen molar-refractivity contribution in [3.8, 4) is 11.5 Å². The van der Waals surface area contributed by atoms with Crippen molar-refractivity contribution in [1.82, 2.24) is 0 Å². The summed E-state index contributed by atoms with van der Waals surface area (Å²) in [5, 5.41) is 78.5. The Morgan fingerprint density at radius 2 is 1.70 bits per heavy atom. The third-order valence-electron chi connectivity index (χ3n) is 5.31. The SMILES string of the molecule is O=C(C=Cc1ccc(O)c(O)c1)OC1C(O)C=CC(OC2OC(CO)C(O)C(O)C2O)C1O. The van der Waals surface area contributed by atoms with Crippen molar-refractivity contribution in [3.05, 3.63) is 42.0 Å². The molecule has 0 radical (unpaired) electrons. The highest BCUT2D eigenvalue weighted by Crippen LogP contribution is 2.28. The molecule has 1 saturated heterocycles. The fraction of sp³-hybridized carbons (Fsp3) is 0.476. The van der Waals surface area contributed by atoms with E-state index in [9.17, 15) is 45.6 Å². The maximum atomic E-state index is 12.2. The van der Waals surface area contributed by atoms with Crippen molar-refractivity contribution in [2.24, 2.45) is 0 Å². The second-order valence-corrected chi connectivity index (χ2v) is 7.65. The number of aromatic hydroxyl groups is 2. The molecule has 9 unspecified atom stereocenters. The average Bonchev–Trinajstić information content (AvgIpc) is 2.79. The summed E-state index contributed by atoms with van der Waals surface area (Å²) in [6.07, 6.45) is -8.74. The van der Waals surface area contributed by atoms with Crippen molar-refractivity contribution in [3.63, 3.8) is 0 Å². The van der Waals surface area contributed by atoms with Crippen LogP contribution < -0.4 is 0 Å². The van der Waals surface area contributed by atoms with Gasteiger partial charge in [-0.25, -0.2) is 4.79 Å². The summed E-state index contributed by atoms with van der Waals surface area (Å²) in [5.74, 6) is -1.66. The zero-order chi connectivity index (χ0) is 24.3. The Labute approximate surface area is 187 Å². The number of carbonyl (C=O) groups is 1. The molecule has 1 aliphatic heterocycles. The van der Waals surface area contributed by atoms with Gasteiger partial charge in [0, 0.05) is 6.08 Å². The summed E-state index contributed by atoms with van der Waals surface area (Å²) in [6.45, 7) is -0.669. The predicted molar refractivity (Wildman–Crippen MR) is 108 cm³/mol. The number of hydrogen-bond donors (Lipinski definition) is 8. The molecule has 0 amide bonds. The number of carbonyl (C=O) groups excluding carboxylic acids is 1. The minimum atomic E-state index is -1.71. The van der Waals surface area contributed by atoms with Crippen molar-refractivity contribution >= 4 is 12.0 Å². The van der Waals surface area contributed by atoms with E-state index in [1.807, 2.05) is 0 Å². The fourth-order valence-electron chi connectivity index (χ4n) is 3.42. The van der Waals surface area contributed by atoms with Gasteiger partial charge in [0.25, 0.3) is 0 Å². The summed E-state index contributed by atoms with van der Waals surface area (Å²) >= 11 is 0. The smallest absolute Gasteiger partial charge is 0.331 e. The molecule has 1 aromatic rings. The third kappa shape index (κ3) is 5.69. The number of hydrogen-bond acceptors (Lipinski definition) is 12. The van der Waals surface area contributed by atoms with Crippen LogP contribution in [0.5, 0.6) is 11.5 Å². The topological polar surface area (TPSA) is 207 Å². The van der Waals surface area contributed by atoms with Gasteiger partial charge in [0.2, 0.25) is 0 Å². The van der Waals surface area contributed by atoms with Gasteiger partial charge in [-0.05, 0) is 23.8 Å². The Hall–Kier alpha value is -2.55. The highest BCUT2D eigenvalue weighted by molar-refractivity contribution is 5.87. The first-order valence-electron chi connectivity index (χ1n) is 10.0. The first kappa shape index (κ1) is 25.1. The van der Waals surface area contributed by atoms with E-state index in [-0.39, 0.29) is 11.5 Å². The van der Waals surface area contributed by atoms with Gasteiger partial charge in [-0.2, -0.15) is 0 Å². The van der Waals surface area contributed by atoms with Gasteiger partial charge in [-0.3, -0.25) is 0 Å². The Balaban J connectivity index is 1.64. The lowest BCUT2D eigenvalue weighted by Gasteiger charge is -2.42. The molecule has 0 aromatic heterocycles. The van der Waals surface area contributed by atoms with E-state index in [2.05, 4.69) is 0 Å². The lowest BCUT2D eigenvalue weighted by Crippen LogP contribution is -2.61. The monoisotopic (exact) mass is 470 g/mol. The van der Waals surface area contributed by atoms with E-state index in [0.717, 1.165) is 6.08 Å². The Morgan fingerprint density at radius 3 is 2.36 bits per heavy atom. The number of benzene rings is 1. The molecule has 1 heterocycles. The fourth-order valence-corrected chi connectivity index (χ4v) is 3.42. The van der Waals surface area contributed by atoms with Crippen LogP contribution in [-0.4, -0.2) is 109 Å². The highest BCUT2D eigenvalue weighted by Gasteiger charge is 2.47. The van der Waals surface area contributed by atoms with Gasteiger partial charge in [0.15, 0.2) is 23.9 Å². The second-order valence-electron chi connectivity index (χ2n) is 7.65. The molecule has 12 heteroatoms.